The van der Waals surface area contributed by atoms with Crippen molar-refractivity contribution in [1.29, 1.82) is 5.26 Å². The number of nitrogens with zero attached hydrogens (tertiary/aromatic N) is 1. The lowest BCUT2D eigenvalue weighted by atomic mass is 10.4. The van der Waals surface area contributed by atoms with Gasteiger partial charge in [0.15, 0.2) is 3.77 Å². The third-order valence-corrected chi connectivity index (χ3v) is 1.92. The fourth-order valence-electron chi connectivity index (χ4n) is 0.803. The predicted molar refractivity (Wildman–Crippen MR) is 53.4 cm³/mol. The summed E-state index contributed by atoms with van der Waals surface area (Å²) in [6.45, 7) is 1.42. The van der Waals surface area contributed by atoms with Crippen molar-refractivity contribution < 1.29 is 4.42 Å². The Labute approximate surface area is 84.9 Å². The van der Waals surface area contributed by atoms with Gasteiger partial charge in [0.1, 0.15) is 5.76 Å². The van der Waals surface area contributed by atoms with Crippen molar-refractivity contribution in [2.75, 3.05) is 6.54 Å². The number of nitrogens with one attached hydrogen (secondary N) is 1. The summed E-state index contributed by atoms with van der Waals surface area (Å²) < 4.78 is 6.20. The minimum atomic E-state index is 0.539. The molecule has 0 aromatic carbocycles. The molecule has 1 N–H and O–H groups in total. The summed E-state index contributed by atoms with van der Waals surface area (Å²) >= 11 is 2.12. The Kier molecular flexibility index (Phi) is 4.11. The van der Waals surface area contributed by atoms with Crippen LogP contribution in [0.25, 0.3) is 0 Å². The molecule has 1 aromatic heterocycles. The molecule has 64 valence electrons. The number of rotatable bonds is 4. The molecular formula is C8H9IN2O. The fourth-order valence-corrected chi connectivity index (χ4v) is 1.27. The molecule has 0 unspecified atom stereocenters. The van der Waals surface area contributed by atoms with E-state index in [2.05, 4.69) is 34.0 Å². The Balaban J connectivity index is 2.21. The van der Waals surface area contributed by atoms with Gasteiger partial charge >= 0.3 is 0 Å². The molecule has 0 atom stereocenters. The first kappa shape index (κ1) is 9.55. The molecule has 12 heavy (non-hydrogen) atoms. The Morgan fingerprint density at radius 2 is 2.42 bits per heavy atom. The maximum absolute atomic E-state index is 8.25. The molecule has 1 heterocycles. The third-order valence-electron chi connectivity index (χ3n) is 1.34. The second-order valence-electron chi connectivity index (χ2n) is 2.29. The number of hydrogen-bond donors (Lipinski definition) is 1. The first-order valence-electron chi connectivity index (χ1n) is 3.65. The Hall–Kier alpha value is -0.540. The van der Waals surface area contributed by atoms with Gasteiger partial charge in [0, 0.05) is 13.0 Å². The van der Waals surface area contributed by atoms with E-state index in [1.807, 2.05) is 12.1 Å². The van der Waals surface area contributed by atoms with E-state index in [0.29, 0.717) is 19.5 Å². The second-order valence-corrected chi connectivity index (χ2v) is 3.35. The summed E-state index contributed by atoms with van der Waals surface area (Å²) in [6, 6.07) is 5.91. The summed E-state index contributed by atoms with van der Waals surface area (Å²) in [5, 5.41) is 11.3. The Morgan fingerprint density at radius 1 is 1.58 bits per heavy atom. The molecule has 1 aromatic rings. The average Bonchev–Trinajstić information content (AvgIpc) is 2.45. The van der Waals surface area contributed by atoms with E-state index in [1.54, 1.807) is 0 Å². The van der Waals surface area contributed by atoms with Crippen LogP contribution in [-0.4, -0.2) is 6.54 Å². The van der Waals surface area contributed by atoms with E-state index in [1.165, 1.54) is 0 Å². The molecule has 0 saturated carbocycles. The van der Waals surface area contributed by atoms with Crippen molar-refractivity contribution >= 4 is 22.6 Å². The normalized spacial score (nSPS) is 9.67. The molecule has 0 aliphatic carbocycles. The number of halogens is 1. The van der Waals surface area contributed by atoms with Gasteiger partial charge in [0.25, 0.3) is 0 Å². The fraction of sp³-hybridized carbons (Fsp3) is 0.375. The first-order chi connectivity index (χ1) is 5.83. The highest BCUT2D eigenvalue weighted by Gasteiger charge is 1.97. The van der Waals surface area contributed by atoms with Gasteiger partial charge < -0.3 is 9.73 Å². The quantitative estimate of drug-likeness (QED) is 0.674. The lowest BCUT2D eigenvalue weighted by molar-refractivity contribution is 0.465. The first-order valence-corrected chi connectivity index (χ1v) is 4.72. The maximum Gasteiger partial charge on any atom is 0.164 e. The molecule has 0 aliphatic rings. The van der Waals surface area contributed by atoms with Gasteiger partial charge in [-0.1, -0.05) is 0 Å². The van der Waals surface area contributed by atoms with Gasteiger partial charge in [-0.3, -0.25) is 0 Å². The molecule has 0 bridgehead atoms. The van der Waals surface area contributed by atoms with E-state index < -0.39 is 0 Å². The molecule has 4 heteroatoms. The van der Waals surface area contributed by atoms with Gasteiger partial charge in [-0.2, -0.15) is 5.26 Å². The summed E-state index contributed by atoms with van der Waals surface area (Å²) in [5.74, 6) is 0.914. The van der Waals surface area contributed by atoms with Crippen molar-refractivity contribution in [2.24, 2.45) is 0 Å². The van der Waals surface area contributed by atoms with E-state index in [0.717, 1.165) is 9.53 Å². The highest BCUT2D eigenvalue weighted by Crippen LogP contribution is 2.09. The second kappa shape index (κ2) is 5.17. The van der Waals surface area contributed by atoms with Crippen molar-refractivity contribution in [1.82, 2.24) is 5.32 Å². The lowest BCUT2D eigenvalue weighted by Gasteiger charge is -1.96. The van der Waals surface area contributed by atoms with Crippen molar-refractivity contribution in [3.05, 3.63) is 21.7 Å². The van der Waals surface area contributed by atoms with Crippen LogP contribution in [0.4, 0.5) is 0 Å². The Morgan fingerprint density at radius 3 is 3.00 bits per heavy atom. The highest BCUT2D eigenvalue weighted by molar-refractivity contribution is 14.1. The van der Waals surface area contributed by atoms with Gasteiger partial charge in [-0.25, -0.2) is 0 Å². The highest BCUT2D eigenvalue weighted by atomic mass is 127. The summed E-state index contributed by atoms with van der Waals surface area (Å²) in [7, 11) is 0. The van der Waals surface area contributed by atoms with E-state index >= 15 is 0 Å². The zero-order chi connectivity index (χ0) is 8.81. The molecule has 3 nitrogen and oxygen atoms in total. The van der Waals surface area contributed by atoms with Crippen LogP contribution < -0.4 is 5.32 Å². The maximum atomic E-state index is 8.25. The van der Waals surface area contributed by atoms with E-state index in [9.17, 15) is 0 Å². The number of furan rings is 1. The van der Waals surface area contributed by atoms with Crippen LogP contribution >= 0.6 is 22.6 Å². The van der Waals surface area contributed by atoms with Crippen molar-refractivity contribution in [3.8, 4) is 6.07 Å². The molecule has 1 rings (SSSR count). The summed E-state index contributed by atoms with van der Waals surface area (Å²) in [4.78, 5) is 0. The summed E-state index contributed by atoms with van der Waals surface area (Å²) in [6.07, 6.45) is 0.539. The third kappa shape index (κ3) is 3.24. The molecule has 0 fully saturated rings. The molecule has 0 amide bonds. The lowest BCUT2D eigenvalue weighted by Crippen LogP contribution is -2.13. The van der Waals surface area contributed by atoms with Gasteiger partial charge in [-0.05, 0) is 34.7 Å². The minimum absolute atomic E-state index is 0.539. The molecule has 0 saturated heterocycles. The standard InChI is InChI=1S/C8H9IN2O/c9-8-3-2-7(12-8)6-11-5-1-4-10/h2-3,11H,1,5-6H2. The van der Waals surface area contributed by atoms with Crippen LogP contribution in [0.3, 0.4) is 0 Å². The van der Waals surface area contributed by atoms with Crippen molar-refractivity contribution in [3.63, 3.8) is 0 Å². The summed E-state index contributed by atoms with van der Waals surface area (Å²) in [5.41, 5.74) is 0. The van der Waals surface area contributed by atoms with Gasteiger partial charge in [0.2, 0.25) is 0 Å². The number of hydrogen-bond acceptors (Lipinski definition) is 3. The molecule has 0 radical (unpaired) electrons. The molecular weight excluding hydrogens is 267 g/mol. The number of nitriles is 1. The van der Waals surface area contributed by atoms with Crippen LogP contribution in [0.5, 0.6) is 0 Å². The monoisotopic (exact) mass is 276 g/mol. The topological polar surface area (TPSA) is 49.0 Å². The smallest absolute Gasteiger partial charge is 0.164 e. The van der Waals surface area contributed by atoms with Crippen LogP contribution in [0.1, 0.15) is 12.2 Å². The van der Waals surface area contributed by atoms with E-state index in [4.69, 9.17) is 9.68 Å². The minimum Gasteiger partial charge on any atom is -0.454 e. The molecule has 0 aliphatic heterocycles. The van der Waals surface area contributed by atoms with E-state index in [-0.39, 0.29) is 0 Å². The van der Waals surface area contributed by atoms with Gasteiger partial charge in [-0.15, -0.1) is 0 Å². The SMILES string of the molecule is N#CCCNCc1ccc(I)o1. The Bertz CT molecular complexity index is 277. The largest absolute Gasteiger partial charge is 0.454 e. The predicted octanol–water partition coefficient (Wildman–Crippen LogP) is 1.89. The van der Waals surface area contributed by atoms with Crippen LogP contribution in [-0.2, 0) is 6.54 Å². The van der Waals surface area contributed by atoms with Crippen molar-refractivity contribution in [2.45, 2.75) is 13.0 Å². The zero-order valence-corrected chi connectivity index (χ0v) is 8.67. The van der Waals surface area contributed by atoms with Gasteiger partial charge in [0.05, 0.1) is 12.6 Å². The van der Waals surface area contributed by atoms with Crippen LogP contribution in [0.15, 0.2) is 16.5 Å². The average molecular weight is 276 g/mol. The molecule has 0 spiro atoms. The van der Waals surface area contributed by atoms with Crippen LogP contribution in [0, 0.1) is 15.1 Å². The zero-order valence-electron chi connectivity index (χ0n) is 6.51. The van der Waals surface area contributed by atoms with Crippen LogP contribution in [0.2, 0.25) is 0 Å².